The highest BCUT2D eigenvalue weighted by Gasteiger charge is 2.17. The fourth-order valence-electron chi connectivity index (χ4n) is 2.61. The molecule has 1 heterocycles. The number of carbonyl (C=O) groups is 2. The van der Waals surface area contributed by atoms with Crippen molar-refractivity contribution in [3.8, 4) is 17.2 Å². The first-order valence-corrected chi connectivity index (χ1v) is 9.70. The van der Waals surface area contributed by atoms with Gasteiger partial charge in [-0.15, -0.1) is 0 Å². The van der Waals surface area contributed by atoms with E-state index in [0.717, 1.165) is 0 Å². The first kappa shape index (κ1) is 21.4. The van der Waals surface area contributed by atoms with Gasteiger partial charge in [0.25, 0.3) is 5.91 Å². The monoisotopic (exact) mass is 475 g/mol. The molecule has 8 nitrogen and oxygen atoms in total. The Labute approximate surface area is 179 Å². The number of amides is 1. The summed E-state index contributed by atoms with van der Waals surface area (Å²) >= 11 is 3.37. The van der Waals surface area contributed by atoms with Gasteiger partial charge in [-0.2, -0.15) is 0 Å². The molecule has 30 heavy (non-hydrogen) atoms. The van der Waals surface area contributed by atoms with Crippen LogP contribution < -0.4 is 20.2 Å². The van der Waals surface area contributed by atoms with Crippen LogP contribution in [0, 0.1) is 6.92 Å². The molecule has 2 N–H and O–H groups in total. The smallest absolute Gasteiger partial charge is 0.325 e. The molecule has 0 saturated carbocycles. The predicted molar refractivity (Wildman–Crippen MR) is 112 cm³/mol. The van der Waals surface area contributed by atoms with Crippen LogP contribution in [0.25, 0.3) is 11.0 Å². The second kappa shape index (κ2) is 9.00. The number of halogens is 1. The van der Waals surface area contributed by atoms with Gasteiger partial charge in [0.1, 0.15) is 28.9 Å². The molecule has 2 aromatic carbocycles. The number of nitrogens with one attached hydrogen (secondary N) is 1. The van der Waals surface area contributed by atoms with Gasteiger partial charge in [-0.25, -0.2) is 0 Å². The quantitative estimate of drug-likeness (QED) is 0.535. The number of aliphatic carboxylic acids is 1. The van der Waals surface area contributed by atoms with Crippen LogP contribution in [0.1, 0.15) is 12.7 Å². The molecule has 0 aliphatic carbocycles. The van der Waals surface area contributed by atoms with Crippen molar-refractivity contribution in [3.05, 3.63) is 62.9 Å². The number of ether oxygens (including phenoxy) is 2. The molecule has 1 unspecified atom stereocenters. The van der Waals surface area contributed by atoms with Crippen molar-refractivity contribution in [1.82, 2.24) is 5.32 Å². The molecular weight excluding hydrogens is 458 g/mol. The highest BCUT2D eigenvalue weighted by Crippen LogP contribution is 2.31. The van der Waals surface area contributed by atoms with E-state index in [0.29, 0.717) is 21.4 Å². The molecule has 156 valence electrons. The average Bonchev–Trinajstić information content (AvgIpc) is 2.70. The van der Waals surface area contributed by atoms with Crippen molar-refractivity contribution in [2.24, 2.45) is 0 Å². The van der Waals surface area contributed by atoms with Crippen LogP contribution in [0.3, 0.4) is 0 Å². The molecule has 1 aromatic heterocycles. The van der Waals surface area contributed by atoms with E-state index in [1.165, 1.54) is 25.1 Å². The van der Waals surface area contributed by atoms with Crippen molar-refractivity contribution in [2.45, 2.75) is 19.9 Å². The largest absolute Gasteiger partial charge is 0.484 e. The number of carboxylic acid groups (broad SMARTS) is 1. The lowest BCUT2D eigenvalue weighted by Gasteiger charge is -2.12. The zero-order valence-electron chi connectivity index (χ0n) is 16.1. The molecule has 0 saturated heterocycles. The van der Waals surface area contributed by atoms with Crippen LogP contribution >= 0.6 is 15.9 Å². The fraction of sp³-hybridized carbons (Fsp3) is 0.190. The van der Waals surface area contributed by atoms with E-state index in [2.05, 4.69) is 21.2 Å². The Bertz CT molecular complexity index is 1170. The summed E-state index contributed by atoms with van der Waals surface area (Å²) in [6, 6.07) is 10.6. The van der Waals surface area contributed by atoms with Crippen LogP contribution in [0.15, 0.2) is 56.1 Å². The third-order valence-electron chi connectivity index (χ3n) is 4.15. The molecule has 0 bridgehead atoms. The van der Waals surface area contributed by atoms with E-state index in [4.69, 9.17) is 19.0 Å². The summed E-state index contributed by atoms with van der Waals surface area (Å²) < 4.78 is 17.6. The fourth-order valence-corrected chi connectivity index (χ4v) is 2.97. The summed E-state index contributed by atoms with van der Waals surface area (Å²) in [4.78, 5) is 35.4. The van der Waals surface area contributed by atoms with Crippen LogP contribution in [0.2, 0.25) is 0 Å². The number of para-hydroxylation sites is 1. The summed E-state index contributed by atoms with van der Waals surface area (Å²) in [6.45, 7) is 2.58. The number of aryl methyl sites for hydroxylation is 1. The Kier molecular flexibility index (Phi) is 6.41. The Balaban J connectivity index is 1.81. The predicted octanol–water partition coefficient (Wildman–Crippen LogP) is 3.62. The van der Waals surface area contributed by atoms with Gasteiger partial charge in [0.05, 0.1) is 9.86 Å². The van der Waals surface area contributed by atoms with E-state index < -0.39 is 17.9 Å². The number of hydrogen-bond donors (Lipinski definition) is 2. The molecule has 9 heteroatoms. The molecule has 0 aliphatic heterocycles. The Hall–Kier alpha value is -3.33. The molecule has 1 amide bonds. The first-order chi connectivity index (χ1) is 14.3. The normalized spacial score (nSPS) is 11.7. The number of hydrogen-bond acceptors (Lipinski definition) is 6. The van der Waals surface area contributed by atoms with Gasteiger partial charge in [0.2, 0.25) is 11.2 Å². The summed E-state index contributed by atoms with van der Waals surface area (Å²) in [5.41, 5.74) is -0.0714. The molecule has 1 atom stereocenters. The molecule has 3 aromatic rings. The van der Waals surface area contributed by atoms with Crippen LogP contribution in [0.5, 0.6) is 17.2 Å². The van der Waals surface area contributed by atoms with Crippen molar-refractivity contribution < 1.29 is 28.6 Å². The SMILES string of the molecule is Cc1oc2cc(OCC(=O)NC(C)C(=O)O)ccc2c(=O)c1Oc1ccccc1Br. The average molecular weight is 476 g/mol. The highest BCUT2D eigenvalue weighted by atomic mass is 79.9. The van der Waals surface area contributed by atoms with E-state index in [1.54, 1.807) is 25.1 Å². The van der Waals surface area contributed by atoms with E-state index >= 15 is 0 Å². The minimum absolute atomic E-state index is 0.0742. The number of rotatable bonds is 7. The third-order valence-corrected chi connectivity index (χ3v) is 4.81. The van der Waals surface area contributed by atoms with Crippen LogP contribution in [-0.4, -0.2) is 29.6 Å². The van der Waals surface area contributed by atoms with E-state index in [-0.39, 0.29) is 29.1 Å². The standard InChI is InChI=1S/C21H18BrNO7/c1-11(21(26)27)23-18(24)10-28-13-7-8-14-17(9-13)29-12(2)20(19(14)25)30-16-6-4-3-5-15(16)22/h3-9,11H,10H2,1-2H3,(H,23,24)(H,26,27). The lowest BCUT2D eigenvalue weighted by molar-refractivity contribution is -0.141. The molecule has 3 rings (SSSR count). The summed E-state index contributed by atoms with van der Waals surface area (Å²) in [6.07, 6.45) is 0. The Morgan fingerprint density at radius 3 is 2.67 bits per heavy atom. The van der Waals surface area contributed by atoms with Crippen molar-refractivity contribution in [2.75, 3.05) is 6.61 Å². The Morgan fingerprint density at radius 2 is 1.97 bits per heavy atom. The lowest BCUT2D eigenvalue weighted by atomic mass is 10.2. The third kappa shape index (κ3) is 4.80. The maximum atomic E-state index is 12.9. The molecule has 0 aliphatic rings. The number of carbonyl (C=O) groups excluding carboxylic acids is 1. The van der Waals surface area contributed by atoms with Gasteiger partial charge < -0.3 is 24.3 Å². The maximum Gasteiger partial charge on any atom is 0.325 e. The highest BCUT2D eigenvalue weighted by molar-refractivity contribution is 9.10. The van der Waals surface area contributed by atoms with Crippen LogP contribution in [-0.2, 0) is 9.59 Å². The van der Waals surface area contributed by atoms with Crippen LogP contribution in [0.4, 0.5) is 0 Å². The molecular formula is C21H18BrNO7. The zero-order valence-corrected chi connectivity index (χ0v) is 17.7. The number of carboxylic acids is 1. The minimum atomic E-state index is -1.15. The maximum absolute atomic E-state index is 12.9. The van der Waals surface area contributed by atoms with Gasteiger partial charge in [-0.1, -0.05) is 12.1 Å². The lowest BCUT2D eigenvalue weighted by Crippen LogP contribution is -2.40. The second-order valence-electron chi connectivity index (χ2n) is 6.42. The van der Waals surface area contributed by atoms with Gasteiger partial charge in [-0.05, 0) is 54.0 Å². The van der Waals surface area contributed by atoms with Crippen molar-refractivity contribution >= 4 is 38.8 Å². The Morgan fingerprint density at radius 1 is 1.23 bits per heavy atom. The summed E-state index contributed by atoms with van der Waals surface area (Å²) in [7, 11) is 0. The number of fused-ring (bicyclic) bond motifs is 1. The molecule has 0 spiro atoms. The van der Waals surface area contributed by atoms with E-state index in [1.807, 2.05) is 6.07 Å². The number of benzene rings is 2. The van der Waals surface area contributed by atoms with Gasteiger partial charge >= 0.3 is 5.97 Å². The zero-order chi connectivity index (χ0) is 21.8. The van der Waals surface area contributed by atoms with Gasteiger partial charge in [-0.3, -0.25) is 14.4 Å². The topological polar surface area (TPSA) is 115 Å². The van der Waals surface area contributed by atoms with E-state index in [9.17, 15) is 14.4 Å². The van der Waals surface area contributed by atoms with Crippen molar-refractivity contribution in [1.29, 1.82) is 0 Å². The first-order valence-electron chi connectivity index (χ1n) is 8.91. The second-order valence-corrected chi connectivity index (χ2v) is 7.28. The summed E-state index contributed by atoms with van der Waals surface area (Å²) in [5.74, 6) is -0.596. The molecule has 0 radical (unpaired) electrons. The van der Waals surface area contributed by atoms with Gasteiger partial charge in [0.15, 0.2) is 6.61 Å². The molecule has 0 fully saturated rings. The van der Waals surface area contributed by atoms with Gasteiger partial charge in [0, 0.05) is 6.07 Å². The van der Waals surface area contributed by atoms with Crippen molar-refractivity contribution in [3.63, 3.8) is 0 Å². The summed E-state index contributed by atoms with van der Waals surface area (Å²) in [5, 5.41) is 11.4. The minimum Gasteiger partial charge on any atom is -0.484 e.